The third kappa shape index (κ3) is 2.47. The van der Waals surface area contributed by atoms with Crippen LogP contribution < -0.4 is 10.9 Å². The molecule has 6 heteroatoms. The summed E-state index contributed by atoms with van der Waals surface area (Å²) < 4.78 is 6.81. The molecule has 2 heterocycles. The summed E-state index contributed by atoms with van der Waals surface area (Å²) in [6.45, 7) is 4.03. The van der Waals surface area contributed by atoms with E-state index in [1.54, 1.807) is 16.8 Å². The number of aromatic nitrogens is 2. The van der Waals surface area contributed by atoms with Gasteiger partial charge in [-0.2, -0.15) is 5.10 Å². The van der Waals surface area contributed by atoms with Gasteiger partial charge in [-0.25, -0.2) is 4.79 Å². The first-order chi connectivity index (χ1) is 10.6. The summed E-state index contributed by atoms with van der Waals surface area (Å²) in [6, 6.07) is 7.35. The van der Waals surface area contributed by atoms with Crippen LogP contribution in [0.1, 0.15) is 20.3 Å². The number of rotatable bonds is 4. The van der Waals surface area contributed by atoms with Gasteiger partial charge in [-0.3, -0.25) is 9.48 Å². The fourth-order valence-electron chi connectivity index (χ4n) is 2.40. The first-order valence-electron chi connectivity index (χ1n) is 7.27. The summed E-state index contributed by atoms with van der Waals surface area (Å²) in [5, 5.41) is 8.22. The molecule has 1 aromatic carbocycles. The molecule has 1 N–H and O–H groups in total. The maximum absolute atomic E-state index is 12.1. The maximum atomic E-state index is 12.1. The normalized spacial score (nSPS) is 12.6. The fourth-order valence-corrected chi connectivity index (χ4v) is 2.40. The van der Waals surface area contributed by atoms with Gasteiger partial charge in [-0.05, 0) is 25.5 Å². The van der Waals surface area contributed by atoms with Gasteiger partial charge in [0.15, 0.2) is 0 Å². The molecule has 0 spiro atoms. The van der Waals surface area contributed by atoms with E-state index in [0.717, 1.165) is 11.8 Å². The second-order valence-electron chi connectivity index (χ2n) is 5.33. The van der Waals surface area contributed by atoms with Gasteiger partial charge >= 0.3 is 5.63 Å². The highest BCUT2D eigenvalue weighted by molar-refractivity contribution is 6.02. The van der Waals surface area contributed by atoms with Crippen LogP contribution in [-0.2, 0) is 11.3 Å². The Labute approximate surface area is 126 Å². The monoisotopic (exact) mass is 299 g/mol. The zero-order valence-corrected chi connectivity index (χ0v) is 12.5. The Morgan fingerprint density at radius 1 is 1.36 bits per heavy atom. The van der Waals surface area contributed by atoms with Crippen molar-refractivity contribution >= 4 is 27.8 Å². The summed E-state index contributed by atoms with van der Waals surface area (Å²) in [7, 11) is 0. The first-order valence-corrected chi connectivity index (χ1v) is 7.27. The van der Waals surface area contributed by atoms with Crippen LogP contribution in [0, 0.1) is 0 Å². The number of benzene rings is 1. The smallest absolute Gasteiger partial charge is 0.347 e. The van der Waals surface area contributed by atoms with Crippen LogP contribution in [0.25, 0.3) is 21.9 Å². The standard InChI is InChI=1S/C16H17N3O3/c1-3-10(2)18-14(20)9-19-15-11-6-4-5-7-13(11)22-16(21)12(15)8-17-19/h4-8,10H,3,9H2,1-2H3,(H,18,20). The Hall–Kier alpha value is -2.63. The molecule has 0 aliphatic carbocycles. The average molecular weight is 299 g/mol. The van der Waals surface area contributed by atoms with Crippen molar-refractivity contribution in [3.05, 3.63) is 40.9 Å². The van der Waals surface area contributed by atoms with E-state index in [4.69, 9.17) is 4.42 Å². The van der Waals surface area contributed by atoms with Crippen LogP contribution in [0.4, 0.5) is 0 Å². The van der Waals surface area contributed by atoms with Crippen LogP contribution in [0.15, 0.2) is 39.7 Å². The van der Waals surface area contributed by atoms with Crippen LogP contribution in [0.2, 0.25) is 0 Å². The van der Waals surface area contributed by atoms with Gasteiger partial charge in [-0.1, -0.05) is 19.1 Å². The maximum Gasteiger partial charge on any atom is 0.347 e. The van der Waals surface area contributed by atoms with E-state index in [1.165, 1.54) is 6.20 Å². The summed E-state index contributed by atoms with van der Waals surface area (Å²) in [5.41, 5.74) is 0.678. The minimum absolute atomic E-state index is 0.0707. The van der Waals surface area contributed by atoms with E-state index in [9.17, 15) is 9.59 Å². The SMILES string of the molecule is CCC(C)NC(=O)Cn1ncc2c(=O)oc3ccccc3c21. The molecule has 0 aliphatic rings. The predicted molar refractivity (Wildman–Crippen MR) is 83.7 cm³/mol. The third-order valence-electron chi connectivity index (χ3n) is 3.72. The molecule has 0 bridgehead atoms. The summed E-state index contributed by atoms with van der Waals surface area (Å²) in [4.78, 5) is 24.1. The predicted octanol–water partition coefficient (Wildman–Crippen LogP) is 2.06. The number of nitrogens with zero attached hydrogens (tertiary/aromatic N) is 2. The molecule has 3 aromatic rings. The molecule has 3 rings (SSSR count). The molecule has 0 aliphatic heterocycles. The number of carbonyl (C=O) groups excluding carboxylic acids is 1. The number of para-hydroxylation sites is 1. The van der Waals surface area contributed by atoms with E-state index in [2.05, 4.69) is 10.4 Å². The zero-order valence-electron chi connectivity index (χ0n) is 12.5. The van der Waals surface area contributed by atoms with Gasteiger partial charge in [0, 0.05) is 11.4 Å². The molecule has 1 amide bonds. The fraction of sp³-hybridized carbons (Fsp3) is 0.312. The molecular weight excluding hydrogens is 282 g/mol. The molecular formula is C16H17N3O3. The molecule has 0 fully saturated rings. The quantitative estimate of drug-likeness (QED) is 0.748. The molecule has 1 atom stereocenters. The summed E-state index contributed by atoms with van der Waals surface area (Å²) >= 11 is 0. The van der Waals surface area contributed by atoms with Crippen LogP contribution in [0.5, 0.6) is 0 Å². The van der Waals surface area contributed by atoms with Gasteiger partial charge < -0.3 is 9.73 Å². The highest BCUT2D eigenvalue weighted by Crippen LogP contribution is 2.22. The van der Waals surface area contributed by atoms with E-state index >= 15 is 0 Å². The van der Waals surface area contributed by atoms with Crippen molar-refractivity contribution < 1.29 is 9.21 Å². The van der Waals surface area contributed by atoms with Crippen molar-refractivity contribution in [2.75, 3.05) is 0 Å². The number of fused-ring (bicyclic) bond motifs is 3. The number of hydrogen-bond donors (Lipinski definition) is 1. The van der Waals surface area contributed by atoms with Crippen LogP contribution in [0.3, 0.4) is 0 Å². The average Bonchev–Trinajstić information content (AvgIpc) is 2.92. The van der Waals surface area contributed by atoms with Gasteiger partial charge in [0.2, 0.25) is 5.91 Å². The van der Waals surface area contributed by atoms with Crippen molar-refractivity contribution in [2.45, 2.75) is 32.9 Å². The molecule has 114 valence electrons. The van der Waals surface area contributed by atoms with Crippen LogP contribution >= 0.6 is 0 Å². The Morgan fingerprint density at radius 2 is 2.14 bits per heavy atom. The number of amides is 1. The van der Waals surface area contributed by atoms with E-state index in [1.807, 2.05) is 26.0 Å². The van der Waals surface area contributed by atoms with Crippen LogP contribution in [-0.4, -0.2) is 21.7 Å². The lowest BCUT2D eigenvalue weighted by Gasteiger charge is -2.12. The second-order valence-corrected chi connectivity index (χ2v) is 5.33. The molecule has 22 heavy (non-hydrogen) atoms. The second kappa shape index (κ2) is 5.63. The largest absolute Gasteiger partial charge is 0.422 e. The van der Waals surface area contributed by atoms with Gasteiger partial charge in [0.25, 0.3) is 0 Å². The highest BCUT2D eigenvalue weighted by Gasteiger charge is 2.15. The Balaban J connectivity index is 2.07. The number of nitrogens with one attached hydrogen (secondary N) is 1. The Morgan fingerprint density at radius 3 is 2.91 bits per heavy atom. The number of hydrogen-bond acceptors (Lipinski definition) is 4. The lowest BCUT2D eigenvalue weighted by atomic mass is 10.2. The lowest BCUT2D eigenvalue weighted by Crippen LogP contribution is -2.34. The molecule has 0 saturated carbocycles. The number of carbonyl (C=O) groups is 1. The van der Waals surface area contributed by atoms with Crippen molar-refractivity contribution in [1.82, 2.24) is 15.1 Å². The molecule has 0 radical (unpaired) electrons. The van der Waals surface area contributed by atoms with E-state index < -0.39 is 5.63 Å². The molecule has 2 aromatic heterocycles. The van der Waals surface area contributed by atoms with E-state index in [0.29, 0.717) is 16.5 Å². The first kappa shape index (κ1) is 14.3. The molecule has 1 unspecified atom stereocenters. The minimum atomic E-state index is -0.442. The minimum Gasteiger partial charge on any atom is -0.422 e. The zero-order chi connectivity index (χ0) is 15.7. The van der Waals surface area contributed by atoms with Gasteiger partial charge in [0.05, 0.1) is 11.7 Å². The molecule has 0 saturated heterocycles. The highest BCUT2D eigenvalue weighted by atomic mass is 16.4. The van der Waals surface area contributed by atoms with E-state index in [-0.39, 0.29) is 18.5 Å². The topological polar surface area (TPSA) is 77.1 Å². The Kier molecular flexibility index (Phi) is 3.66. The molecule has 6 nitrogen and oxygen atoms in total. The van der Waals surface area contributed by atoms with Gasteiger partial charge in [0.1, 0.15) is 17.5 Å². The van der Waals surface area contributed by atoms with Crippen molar-refractivity contribution in [3.63, 3.8) is 0 Å². The van der Waals surface area contributed by atoms with Gasteiger partial charge in [-0.15, -0.1) is 0 Å². The summed E-state index contributed by atoms with van der Waals surface area (Å²) in [5.74, 6) is -0.128. The van der Waals surface area contributed by atoms with Crippen molar-refractivity contribution in [2.24, 2.45) is 0 Å². The Bertz CT molecular complexity index is 894. The summed E-state index contributed by atoms with van der Waals surface area (Å²) in [6.07, 6.45) is 2.31. The van der Waals surface area contributed by atoms with Crippen molar-refractivity contribution in [1.29, 1.82) is 0 Å². The lowest BCUT2D eigenvalue weighted by molar-refractivity contribution is -0.122. The third-order valence-corrected chi connectivity index (χ3v) is 3.72. The van der Waals surface area contributed by atoms with Crippen molar-refractivity contribution in [3.8, 4) is 0 Å².